The second kappa shape index (κ2) is 3.78. The van der Waals surface area contributed by atoms with Crippen molar-refractivity contribution in [2.75, 3.05) is 13.3 Å². The highest BCUT2D eigenvalue weighted by Crippen LogP contribution is 2.46. The van der Waals surface area contributed by atoms with E-state index in [2.05, 4.69) is 17.6 Å². The lowest BCUT2D eigenvalue weighted by Gasteiger charge is -2.08. The second-order valence-electron chi connectivity index (χ2n) is 1.53. The first kappa shape index (κ1) is 10.5. The van der Waals surface area contributed by atoms with Crippen LogP contribution < -0.4 is 5.32 Å². The van der Waals surface area contributed by atoms with Gasteiger partial charge in [-0.1, -0.05) is 12.2 Å². The van der Waals surface area contributed by atoms with Crippen molar-refractivity contribution >= 4 is 33.3 Å². The average molecular weight is 203 g/mol. The van der Waals surface area contributed by atoms with Gasteiger partial charge in [-0.05, 0) is 16.3 Å². The molecule has 0 aliphatic heterocycles. The number of rotatable bonds is 0. The van der Waals surface area contributed by atoms with Gasteiger partial charge in [0, 0.05) is 7.05 Å². The Hall–Kier alpha value is 0.520. The highest BCUT2D eigenvalue weighted by Gasteiger charge is 2.11. The van der Waals surface area contributed by atoms with Gasteiger partial charge in [-0.2, -0.15) is 0 Å². The molecule has 0 heterocycles. The molecule has 3 N–H and O–H groups in total. The van der Waals surface area contributed by atoms with Gasteiger partial charge in [0.25, 0.3) is 5.24 Å². The summed E-state index contributed by atoms with van der Waals surface area (Å²) in [6.07, 6.45) is 1.44. The summed E-state index contributed by atoms with van der Waals surface area (Å²) in [6.45, 7) is 0. The fourth-order valence-corrected chi connectivity index (χ4v) is 2.39. The van der Waals surface area contributed by atoms with Crippen LogP contribution in [0.1, 0.15) is 0 Å². The Labute approximate surface area is 66.9 Å². The van der Waals surface area contributed by atoms with Crippen LogP contribution in [0.15, 0.2) is 0 Å². The monoisotopic (exact) mass is 203 g/mol. The van der Waals surface area contributed by atoms with Crippen LogP contribution in [0.25, 0.3) is 0 Å². The molecule has 10 heavy (non-hydrogen) atoms. The lowest BCUT2D eigenvalue weighted by Crippen LogP contribution is -2.20. The molecule has 4 nitrogen and oxygen atoms in total. The minimum Gasteiger partial charge on any atom is -0.350 e. The number of hydrogen-bond acceptors (Lipinski definition) is 1. The molecule has 0 aromatic carbocycles. The molecule has 0 fully saturated rings. The smallest absolute Gasteiger partial charge is 0.277 e. The van der Waals surface area contributed by atoms with E-state index in [0.717, 1.165) is 0 Å². The zero-order valence-electron chi connectivity index (χ0n) is 5.61. The summed E-state index contributed by atoms with van der Waals surface area (Å²) in [6, 6.07) is 0. The standard InChI is InChI=1S/C3H10NO3PS2/c1-4-3(5)10(2)8(6,7)9/h6-7,9H,1-2H3,(H,4,5). The van der Waals surface area contributed by atoms with Gasteiger partial charge < -0.3 is 15.1 Å². The molecule has 1 amide bonds. The summed E-state index contributed by atoms with van der Waals surface area (Å²) in [5, 5.41) is 1.92. The lowest BCUT2D eigenvalue weighted by molar-refractivity contribution is 0.262. The second-order valence-corrected chi connectivity index (χ2v) is 9.54. The number of thiol groups is 1. The molecule has 1 atom stereocenters. The van der Waals surface area contributed by atoms with Crippen molar-refractivity contribution in [1.29, 1.82) is 0 Å². The molecule has 62 valence electrons. The largest absolute Gasteiger partial charge is 0.350 e. The summed E-state index contributed by atoms with van der Waals surface area (Å²) >= 11 is 3.52. The van der Waals surface area contributed by atoms with Crippen LogP contribution in [0.3, 0.4) is 0 Å². The van der Waals surface area contributed by atoms with Crippen LogP contribution in [0.4, 0.5) is 4.79 Å². The highest BCUT2D eigenvalue weighted by atomic mass is 32.9. The van der Waals surface area contributed by atoms with E-state index in [1.807, 2.05) is 0 Å². The molecule has 1 unspecified atom stereocenters. The molecular weight excluding hydrogens is 193 g/mol. The Balaban J connectivity index is 4.66. The Morgan fingerprint density at radius 3 is 2.20 bits per heavy atom. The topological polar surface area (TPSA) is 69.6 Å². The number of nitrogens with one attached hydrogen (secondary N) is 1. The fourth-order valence-electron chi connectivity index (χ4n) is 0.259. The van der Waals surface area contributed by atoms with Crippen molar-refractivity contribution in [1.82, 2.24) is 5.32 Å². The molecule has 0 bridgehead atoms. The summed E-state index contributed by atoms with van der Waals surface area (Å²) < 4.78 is 0. The van der Waals surface area contributed by atoms with Crippen molar-refractivity contribution in [2.24, 2.45) is 0 Å². The van der Waals surface area contributed by atoms with Gasteiger partial charge in [0.05, 0.1) is 0 Å². The zero-order chi connectivity index (χ0) is 8.36. The van der Waals surface area contributed by atoms with E-state index in [1.165, 1.54) is 13.3 Å². The first-order chi connectivity index (χ1) is 4.39. The van der Waals surface area contributed by atoms with Crippen molar-refractivity contribution < 1.29 is 14.6 Å². The SMILES string of the molecule is CNC(=O)S(C)=P(O)(O)S. The van der Waals surface area contributed by atoms with Crippen molar-refractivity contribution in [3.8, 4) is 0 Å². The third-order valence-electron chi connectivity index (χ3n) is 0.840. The maximum atomic E-state index is 10.7. The molecule has 0 spiro atoms. The summed E-state index contributed by atoms with van der Waals surface area (Å²) in [4.78, 5) is 28.5. The van der Waals surface area contributed by atoms with Gasteiger partial charge in [0.2, 0.25) is 5.69 Å². The number of amides is 1. The molecule has 0 saturated heterocycles. The number of hydrogen-bond donors (Lipinski definition) is 4. The molecule has 7 heteroatoms. The van der Waals surface area contributed by atoms with E-state index in [1.54, 1.807) is 0 Å². The molecule has 0 aliphatic rings. The van der Waals surface area contributed by atoms with E-state index in [4.69, 9.17) is 9.79 Å². The normalized spacial score (nSPS) is 14.5. The minimum absolute atomic E-state index is 0.381. The summed E-state index contributed by atoms with van der Waals surface area (Å²) in [5.74, 6) is 0. The predicted octanol–water partition coefficient (Wildman–Crippen LogP) is 0.166. The van der Waals surface area contributed by atoms with Crippen LogP contribution in [0.5, 0.6) is 0 Å². The summed E-state index contributed by atoms with van der Waals surface area (Å²) in [5.41, 5.74) is -3.27. The number of carbonyl (C=O) groups is 1. The molecular formula is C3H10NO3PS2. The molecule has 0 aliphatic carbocycles. The third kappa shape index (κ3) is 3.07. The predicted molar refractivity (Wildman–Crippen MR) is 48.1 cm³/mol. The van der Waals surface area contributed by atoms with E-state index in [0.29, 0.717) is 0 Å². The van der Waals surface area contributed by atoms with Gasteiger partial charge in [-0.15, -0.1) is 0 Å². The lowest BCUT2D eigenvalue weighted by atomic mass is 11.2. The first-order valence-corrected chi connectivity index (χ1v) is 7.43. The van der Waals surface area contributed by atoms with E-state index >= 15 is 0 Å². The van der Waals surface area contributed by atoms with Crippen LogP contribution >= 0.6 is 17.9 Å². The molecule has 0 aromatic rings. The van der Waals surface area contributed by atoms with Gasteiger partial charge in [-0.25, -0.2) is 0 Å². The molecule has 0 saturated carbocycles. The van der Waals surface area contributed by atoms with Gasteiger partial charge in [0.15, 0.2) is 0 Å². The third-order valence-corrected chi connectivity index (χ3v) is 7.22. The quantitative estimate of drug-likeness (QED) is 0.335. The first-order valence-electron chi connectivity index (χ1n) is 2.35. The van der Waals surface area contributed by atoms with Crippen LogP contribution in [0, 0.1) is 0 Å². The van der Waals surface area contributed by atoms with Crippen molar-refractivity contribution in [2.45, 2.75) is 0 Å². The average Bonchev–Trinajstić information content (AvgIpc) is 1.83. The molecule has 0 aromatic heterocycles. The zero-order valence-corrected chi connectivity index (χ0v) is 8.21. The fraction of sp³-hybridized carbons (Fsp3) is 0.667. The Morgan fingerprint density at radius 2 is 2.10 bits per heavy atom. The Bertz CT molecular complexity index is 190. The van der Waals surface area contributed by atoms with E-state index in [-0.39, 0.29) is 5.24 Å². The van der Waals surface area contributed by atoms with Crippen molar-refractivity contribution in [3.05, 3.63) is 0 Å². The molecule has 0 rings (SSSR count). The maximum Gasteiger partial charge on any atom is 0.277 e. The van der Waals surface area contributed by atoms with Gasteiger partial charge in [0.1, 0.15) is 0 Å². The van der Waals surface area contributed by atoms with Crippen LogP contribution in [-0.4, -0.2) is 28.3 Å². The minimum atomic E-state index is -3.27. The van der Waals surface area contributed by atoms with E-state index in [9.17, 15) is 4.79 Å². The van der Waals surface area contributed by atoms with Crippen LogP contribution in [0.2, 0.25) is 0 Å². The van der Waals surface area contributed by atoms with E-state index < -0.39 is 15.8 Å². The van der Waals surface area contributed by atoms with Crippen LogP contribution in [-0.2, 0) is 10.1 Å². The maximum absolute atomic E-state index is 10.7. The Kier molecular flexibility index (Phi) is 3.98. The number of carbonyl (C=O) groups excluding carboxylic acids is 1. The van der Waals surface area contributed by atoms with Gasteiger partial charge in [-0.3, -0.25) is 4.79 Å². The van der Waals surface area contributed by atoms with Crippen molar-refractivity contribution in [3.63, 3.8) is 0 Å². The molecule has 0 radical (unpaired) electrons. The van der Waals surface area contributed by atoms with Gasteiger partial charge >= 0.3 is 0 Å². The Morgan fingerprint density at radius 1 is 1.70 bits per heavy atom. The highest BCUT2D eigenvalue weighted by molar-refractivity contribution is 8.68. The summed E-state index contributed by atoms with van der Waals surface area (Å²) in [7, 11) is 0.344.